The van der Waals surface area contributed by atoms with Gasteiger partial charge in [-0.2, -0.15) is 0 Å². The summed E-state index contributed by atoms with van der Waals surface area (Å²) < 4.78 is 138. The van der Waals surface area contributed by atoms with Crippen molar-refractivity contribution in [3.63, 3.8) is 0 Å². The molecule has 0 aromatic rings. The smallest absolute Gasteiger partial charge is 0.470 e. The average molecular weight is 2120 g/mol. The van der Waals surface area contributed by atoms with Gasteiger partial charge in [0.2, 0.25) is 0 Å². The van der Waals surface area contributed by atoms with Crippen LogP contribution >= 0.6 is 7.82 Å². The summed E-state index contributed by atoms with van der Waals surface area (Å²) in [5.41, 5.74) is 11.7. The summed E-state index contributed by atoms with van der Waals surface area (Å²) in [6.45, 7) is -14.6. The van der Waals surface area contributed by atoms with Gasteiger partial charge in [0, 0.05) is 12.8 Å². The van der Waals surface area contributed by atoms with Crippen molar-refractivity contribution in [2.75, 3.05) is 72.7 Å². The Labute approximate surface area is 797 Å². The molecule has 828 valence electrons. The van der Waals surface area contributed by atoms with E-state index in [2.05, 4.69) is 0 Å². The molecule has 0 saturated carbocycles. The van der Waals surface area contributed by atoms with E-state index in [-0.39, 0.29) is 0 Å². The highest BCUT2D eigenvalue weighted by atomic mass is 31.2. The van der Waals surface area contributed by atoms with E-state index < -0.39 is 466 Å². The summed E-state index contributed by atoms with van der Waals surface area (Å²) in [4.78, 5) is 48.7. The Morgan fingerprint density at radius 2 is 0.739 bits per heavy atom. The van der Waals surface area contributed by atoms with E-state index in [1.54, 1.807) is 0 Å². The number of aliphatic hydroxyl groups is 36. The van der Waals surface area contributed by atoms with E-state index in [1.165, 1.54) is 0 Å². The van der Waals surface area contributed by atoms with Gasteiger partial charge in [-0.15, -0.1) is 0 Å². The molecule has 0 aliphatic carbocycles. The summed E-state index contributed by atoms with van der Waals surface area (Å²) in [6.07, 6.45) is -137. The van der Waals surface area contributed by atoms with Gasteiger partial charge in [-0.1, -0.05) is 0 Å². The third-order valence-corrected chi connectivity index (χ3v) is 26.4. The van der Waals surface area contributed by atoms with Gasteiger partial charge in [-0.25, -0.2) is 14.2 Å². The molecule has 59 atom stereocenters. The van der Waals surface area contributed by atoms with Crippen molar-refractivity contribution < 1.29 is 322 Å². The second kappa shape index (κ2) is 50.1. The van der Waals surface area contributed by atoms with Crippen molar-refractivity contribution in [3.8, 4) is 0 Å². The zero-order chi connectivity index (χ0) is 105. The maximum Gasteiger partial charge on any atom is 0.470 e. The SMILES string of the molecule is N[C@@H]1[C@@H](O)[C@H](O)[C@@H](CO[C@@H]2O[C@H](CO[C@]3(C(=O)O)C[C@@H](O)[C@@H](O[C@H]4O[C@H]([C@@H](O)CO)[C@@H](OP(=O)(O)O)[C@H](O[C@H]5O[C@H]([C@@H](O)CO[C@H]6O[C@H]([C@@H](O)CO)[C@@H](O)[C@H](O)[C@@H]6O)[C@@H](O)[C@H](O[C@H]6O[C@H](CO)[C@@H](O)[C@H](O[C@H]7O[C@H](CO)[C@@H](O)[C@H](O)[C@H]7O[C@]7(C(=O)O)C[C@@H](O[C@H]8O[C@H]([C@@H](O)CO)[C@@H](O)[C@H](O)[C@@H]8O)[C@@H](O)[C@@H]([C@@H](CO)O[C@H]8O[C@H](CO)[C@H](O)[C@H](O)[C@H]8O)O7)[C@H]6O)[C@@H]5O)[C@@H]4O)[C@@H]([C@H](O)CO)O3)[C@@H](O)[C@H](O)[C@H]2N)O[C@@H]1O. The fourth-order valence-electron chi connectivity index (χ4n) is 17.8. The van der Waals surface area contributed by atoms with Gasteiger partial charge in [-0.3, -0.25) is 4.52 Å². The normalized spacial score (nSPS) is 49.3. The van der Waals surface area contributed by atoms with Crippen molar-refractivity contribution in [3.05, 3.63) is 0 Å². The molecule has 142 heavy (non-hydrogen) atoms. The summed E-state index contributed by atoms with van der Waals surface area (Å²) in [7, 11) is -6.24. The number of carboxylic acid groups (broad SMARTS) is 2. The summed E-state index contributed by atoms with van der Waals surface area (Å²) >= 11 is 0. The molecule has 11 rings (SSSR count). The highest BCUT2D eigenvalue weighted by Crippen LogP contribution is 2.48. The first-order chi connectivity index (χ1) is 66.7. The molecule has 11 aliphatic rings. The van der Waals surface area contributed by atoms with Gasteiger partial charge in [0.15, 0.2) is 56.6 Å². The average Bonchev–Trinajstić information content (AvgIpc) is 0.891. The number of carboxylic acids is 2. The molecule has 68 heteroatoms. The number of hydrogen-bond donors (Lipinski definition) is 42. The fraction of sp³-hybridized carbons (Fsp3) is 0.973. The topological polar surface area (TPSA) is 1120 Å². The number of carbonyl (C=O) groups is 2. The number of rotatable bonds is 41. The van der Waals surface area contributed by atoms with Gasteiger partial charge >= 0.3 is 19.8 Å². The highest BCUT2D eigenvalue weighted by Gasteiger charge is 2.67. The number of phosphoric acid groups is 1. The second-order valence-electron chi connectivity index (χ2n) is 35.5. The lowest BCUT2D eigenvalue weighted by Crippen LogP contribution is -2.70. The van der Waals surface area contributed by atoms with E-state index >= 15 is 0 Å². The third kappa shape index (κ3) is 25.4. The quantitative estimate of drug-likeness (QED) is 0.0253. The Morgan fingerprint density at radius 3 is 1.28 bits per heavy atom. The van der Waals surface area contributed by atoms with Crippen LogP contribution in [-0.4, -0.2) is 649 Å². The van der Waals surface area contributed by atoms with E-state index in [0.29, 0.717) is 0 Å². The number of ether oxygens (including phenoxy) is 21. The minimum atomic E-state index is -6.24. The van der Waals surface area contributed by atoms with Crippen LogP contribution in [0.15, 0.2) is 0 Å². The molecule has 0 aromatic carbocycles. The first kappa shape index (κ1) is 119. The van der Waals surface area contributed by atoms with Gasteiger partial charge in [0.25, 0.3) is 11.6 Å². The van der Waals surface area contributed by atoms with Crippen LogP contribution in [0.5, 0.6) is 0 Å². The zero-order valence-electron chi connectivity index (χ0n) is 73.8. The van der Waals surface area contributed by atoms with Gasteiger partial charge in [0.05, 0.1) is 97.0 Å². The van der Waals surface area contributed by atoms with Crippen molar-refractivity contribution in [2.24, 2.45) is 11.5 Å². The van der Waals surface area contributed by atoms with Gasteiger partial charge in [-0.05, 0) is 0 Å². The van der Waals surface area contributed by atoms with Gasteiger partial charge < -0.3 is 315 Å². The lowest BCUT2D eigenvalue weighted by atomic mass is 9.90. The fourth-order valence-corrected chi connectivity index (χ4v) is 18.3. The van der Waals surface area contributed by atoms with E-state index in [1.807, 2.05) is 0 Å². The Hall–Kier alpha value is -3.31. The van der Waals surface area contributed by atoms with E-state index in [9.17, 15) is 218 Å². The first-order valence-corrected chi connectivity index (χ1v) is 45.6. The summed E-state index contributed by atoms with van der Waals surface area (Å²) in [5.74, 6) is -11.8. The Balaban J connectivity index is 0.915. The minimum absolute atomic E-state index is 0.802. The van der Waals surface area contributed by atoms with Crippen LogP contribution in [0.25, 0.3) is 0 Å². The molecule has 0 amide bonds. The number of aliphatic carboxylic acids is 2. The lowest BCUT2D eigenvalue weighted by Gasteiger charge is -2.52. The molecule has 0 aromatic heterocycles. The maximum atomic E-state index is 14.3. The van der Waals surface area contributed by atoms with Crippen molar-refractivity contribution in [1.29, 1.82) is 0 Å². The maximum absolute atomic E-state index is 14.3. The molecule has 11 fully saturated rings. The number of nitrogens with two attached hydrogens (primary N) is 2. The Bertz CT molecular complexity index is 3940. The molecule has 11 heterocycles. The van der Waals surface area contributed by atoms with Gasteiger partial charge in [0.1, 0.15) is 269 Å². The molecule has 44 N–H and O–H groups in total. The molecular formula is C74H127N2O65P. The van der Waals surface area contributed by atoms with E-state index in [0.717, 1.165) is 0 Å². The van der Waals surface area contributed by atoms with Crippen LogP contribution in [0.2, 0.25) is 0 Å². The summed E-state index contributed by atoms with van der Waals surface area (Å²) in [6, 6.07) is -3.21. The molecule has 0 unspecified atom stereocenters. The van der Waals surface area contributed by atoms with Crippen molar-refractivity contribution in [2.45, 2.75) is 374 Å². The molecule has 11 saturated heterocycles. The zero-order valence-corrected chi connectivity index (χ0v) is 74.7. The monoisotopic (exact) mass is 2110 g/mol. The van der Waals surface area contributed by atoms with Crippen LogP contribution < -0.4 is 11.5 Å². The lowest BCUT2D eigenvalue weighted by molar-refractivity contribution is -0.414. The summed E-state index contributed by atoms with van der Waals surface area (Å²) in [5, 5.41) is 423. The second-order valence-corrected chi connectivity index (χ2v) is 36.7. The molecule has 0 radical (unpaired) electrons. The van der Waals surface area contributed by atoms with Crippen molar-refractivity contribution in [1.82, 2.24) is 0 Å². The molecule has 0 spiro atoms. The molecule has 0 bridgehead atoms. The third-order valence-electron chi connectivity index (χ3n) is 25.9. The molecule has 67 nitrogen and oxygen atoms in total. The van der Waals surface area contributed by atoms with E-state index in [4.69, 9.17) is 115 Å². The van der Waals surface area contributed by atoms with Crippen LogP contribution in [0.4, 0.5) is 0 Å². The Morgan fingerprint density at radius 1 is 0.331 bits per heavy atom. The van der Waals surface area contributed by atoms with Crippen LogP contribution in [0, 0.1) is 0 Å². The number of phosphoric ester groups is 1. The number of hydrogen-bond acceptors (Lipinski definition) is 63. The predicted octanol–water partition coefficient (Wildman–Crippen LogP) is -27.8. The predicted molar refractivity (Wildman–Crippen MR) is 424 cm³/mol. The Kier molecular flexibility index (Phi) is 41.9. The van der Waals surface area contributed by atoms with Crippen molar-refractivity contribution >= 4 is 19.8 Å². The number of aliphatic hydroxyl groups excluding tert-OH is 36. The van der Waals surface area contributed by atoms with Crippen LogP contribution in [0.1, 0.15) is 12.8 Å². The van der Waals surface area contributed by atoms with Crippen LogP contribution in [-0.2, 0) is 118 Å². The molecular weight excluding hydrogens is 1990 g/mol. The molecule has 11 aliphatic heterocycles. The first-order valence-electron chi connectivity index (χ1n) is 44.1. The van der Waals surface area contributed by atoms with Crippen LogP contribution in [0.3, 0.4) is 0 Å². The standard InChI is InChI=1S/C74H127N2O65P/c75-27-35(97)31(93)25(123-62(27)112)12-121-63-28(76)36(98)32(94)26(129-63)13-122-73(71(113)114)1-14(85)53(55(138-73)18(89)6-80)133-69-49(111)59(61(141-142(117,118)119)54(134-69)17(88)5-79)137-68-48(110)58(46(108)52(132-68)19(90)11-120-64-43(105)38(100)41(103)50(130-64)15(86)3-77)135-67-47(109)57(34(96)23(9-83)126-67)136-70-60(40(102)30(92)22(8-82)127-70)140-74(72(115)116)2-20(124-66-45(107)39(101)42(104)51(131-66)16(87)4-78)33(95)56(139-74)24(10-84)128-65-44(106)37(99)29(91)21(7-81)125-65/h14-70,77-112H,1-13,75-76H2,(H,113,114)(H,115,116)(H2,117,118,119)/t14-,15+,16+,17+,18-,19+,20-,21-,22-,23-,24-,25-,26-,27-,28-,29+,30-,31-,32-,33-,34-,35-,36-,37+,38+,39+,40+,41+,42+,43+,44-,45+,46-,47-,48+,49+,50-,51-,52-,53-,54-,55-,56-,57+,58+,59-,60-,61-,62+,63-,64+,65-,66+,67-,68-,69+,70-,73-,74+/m1/s1. The largest absolute Gasteiger partial charge is 0.477 e. The minimum Gasteiger partial charge on any atom is -0.477 e. The highest BCUT2D eigenvalue weighted by molar-refractivity contribution is 7.46.